The molecule has 0 radical (unpaired) electrons. The molecule has 0 heterocycles. The summed E-state index contributed by atoms with van der Waals surface area (Å²) in [5, 5.41) is 2.12. The highest BCUT2D eigenvalue weighted by Crippen LogP contribution is 2.35. The zero-order valence-corrected chi connectivity index (χ0v) is 16.6. The third-order valence-corrected chi connectivity index (χ3v) is 4.98. The number of nitrogens with zero attached hydrogens (tertiary/aromatic N) is 1. The summed E-state index contributed by atoms with van der Waals surface area (Å²) >= 11 is 0. The number of amides is 1. The van der Waals surface area contributed by atoms with E-state index in [9.17, 15) is 26.4 Å². The summed E-state index contributed by atoms with van der Waals surface area (Å²) < 4.78 is 74.7. The first kappa shape index (κ1) is 22.3. The van der Waals surface area contributed by atoms with Gasteiger partial charge in [0.2, 0.25) is 15.9 Å². The predicted molar refractivity (Wildman–Crippen MR) is 102 cm³/mol. The molecule has 2 aromatic rings. The van der Waals surface area contributed by atoms with Crippen LogP contribution in [0.15, 0.2) is 42.5 Å². The fourth-order valence-corrected chi connectivity index (χ4v) is 3.39. The van der Waals surface area contributed by atoms with Gasteiger partial charge < -0.3 is 14.8 Å². The van der Waals surface area contributed by atoms with Gasteiger partial charge in [0, 0.05) is 6.07 Å². The summed E-state index contributed by atoms with van der Waals surface area (Å²) in [4.78, 5) is 12.4. The molecule has 0 aliphatic rings. The van der Waals surface area contributed by atoms with Gasteiger partial charge >= 0.3 is 6.18 Å². The lowest BCUT2D eigenvalue weighted by atomic mass is 10.1. The number of sulfonamides is 1. The van der Waals surface area contributed by atoms with Crippen molar-refractivity contribution in [2.45, 2.75) is 6.18 Å². The zero-order chi connectivity index (χ0) is 21.8. The fourth-order valence-electron chi connectivity index (χ4n) is 2.53. The number of anilines is 2. The molecule has 29 heavy (non-hydrogen) atoms. The fraction of sp³-hybridized carbons (Fsp3) is 0.278. The summed E-state index contributed by atoms with van der Waals surface area (Å²) in [5.41, 5.74) is -1.48. The third-order valence-electron chi connectivity index (χ3n) is 3.85. The van der Waals surface area contributed by atoms with Crippen LogP contribution >= 0.6 is 0 Å². The molecule has 158 valence electrons. The maximum absolute atomic E-state index is 13.1. The second kappa shape index (κ2) is 8.60. The number of halogens is 3. The zero-order valence-electron chi connectivity index (χ0n) is 15.8. The maximum Gasteiger partial charge on any atom is 0.418 e. The number of carbonyl (C=O) groups excluding carboxylic acids is 1. The summed E-state index contributed by atoms with van der Waals surface area (Å²) in [6, 6.07) is 8.66. The van der Waals surface area contributed by atoms with Crippen LogP contribution in [0, 0.1) is 0 Å². The van der Waals surface area contributed by atoms with Crippen LogP contribution in [0.2, 0.25) is 0 Å². The Labute approximate surface area is 166 Å². The highest BCUT2D eigenvalue weighted by atomic mass is 32.2. The van der Waals surface area contributed by atoms with Gasteiger partial charge in [-0.05, 0) is 24.3 Å². The molecule has 1 N–H and O–H groups in total. The summed E-state index contributed by atoms with van der Waals surface area (Å²) in [5.74, 6) is -0.453. The lowest BCUT2D eigenvalue weighted by molar-refractivity contribution is -0.137. The topological polar surface area (TPSA) is 84.9 Å². The SMILES string of the molecule is COc1ccc(N(CC(=O)Nc2ccccc2C(F)(F)F)S(C)(=O)=O)c(OC)c1. The second-order valence-corrected chi connectivity index (χ2v) is 7.81. The van der Waals surface area contributed by atoms with Crippen LogP contribution in [0.1, 0.15) is 5.56 Å². The Morgan fingerprint density at radius 2 is 1.76 bits per heavy atom. The number of hydrogen-bond donors (Lipinski definition) is 1. The molecule has 0 spiro atoms. The van der Waals surface area contributed by atoms with Crippen molar-refractivity contribution in [1.29, 1.82) is 0 Å². The van der Waals surface area contributed by atoms with Crippen molar-refractivity contribution in [2.75, 3.05) is 36.6 Å². The molecule has 2 aromatic carbocycles. The monoisotopic (exact) mass is 432 g/mol. The minimum Gasteiger partial charge on any atom is -0.497 e. The number of methoxy groups -OCH3 is 2. The number of para-hydroxylation sites is 1. The first-order valence-electron chi connectivity index (χ1n) is 8.13. The normalized spacial score (nSPS) is 11.7. The minimum atomic E-state index is -4.68. The quantitative estimate of drug-likeness (QED) is 0.727. The average Bonchev–Trinajstić information content (AvgIpc) is 2.64. The standard InChI is InChI=1S/C18H19F3N2O5S/c1-27-12-8-9-15(16(10-12)28-2)23(29(3,25)26)11-17(24)22-14-7-5-4-6-13(14)18(19,20)21/h4-10H,11H2,1-3H3,(H,22,24). The molecule has 0 saturated carbocycles. The minimum absolute atomic E-state index is 0.0371. The van der Waals surface area contributed by atoms with Gasteiger partial charge in [-0.1, -0.05) is 12.1 Å². The van der Waals surface area contributed by atoms with Gasteiger partial charge in [-0.3, -0.25) is 9.10 Å². The van der Waals surface area contributed by atoms with Crippen molar-refractivity contribution < 1.29 is 35.9 Å². The number of alkyl halides is 3. The van der Waals surface area contributed by atoms with E-state index in [1.807, 2.05) is 0 Å². The Morgan fingerprint density at radius 1 is 1.10 bits per heavy atom. The van der Waals surface area contributed by atoms with Gasteiger partial charge in [0.05, 0.1) is 37.4 Å². The second-order valence-electron chi connectivity index (χ2n) is 5.90. The number of rotatable bonds is 7. The molecule has 0 unspecified atom stereocenters. The Balaban J connectivity index is 2.35. The number of benzene rings is 2. The summed E-state index contributed by atoms with van der Waals surface area (Å²) in [6.45, 7) is -0.756. The third kappa shape index (κ3) is 5.53. The molecule has 0 atom stereocenters. The van der Waals surface area contributed by atoms with E-state index in [2.05, 4.69) is 5.32 Å². The van der Waals surface area contributed by atoms with Crippen LogP contribution in [0.5, 0.6) is 11.5 Å². The van der Waals surface area contributed by atoms with Crippen LogP contribution in [0.25, 0.3) is 0 Å². The molecule has 7 nitrogen and oxygen atoms in total. The molecule has 0 bridgehead atoms. The highest BCUT2D eigenvalue weighted by Gasteiger charge is 2.34. The molecule has 0 aliphatic carbocycles. The number of ether oxygens (including phenoxy) is 2. The van der Waals surface area contributed by atoms with E-state index in [4.69, 9.17) is 9.47 Å². The molecule has 0 aromatic heterocycles. The lowest BCUT2D eigenvalue weighted by Gasteiger charge is -2.24. The van der Waals surface area contributed by atoms with Gasteiger partial charge in [-0.25, -0.2) is 8.42 Å². The van der Waals surface area contributed by atoms with Gasteiger partial charge in [0.25, 0.3) is 0 Å². The molecule has 0 saturated heterocycles. The number of nitrogens with one attached hydrogen (secondary N) is 1. The van der Waals surface area contributed by atoms with Crippen LogP contribution < -0.4 is 19.1 Å². The van der Waals surface area contributed by atoms with E-state index in [0.717, 1.165) is 22.7 Å². The first-order valence-corrected chi connectivity index (χ1v) is 9.98. The van der Waals surface area contributed by atoms with Crippen molar-refractivity contribution in [1.82, 2.24) is 0 Å². The van der Waals surface area contributed by atoms with E-state index in [0.29, 0.717) is 5.75 Å². The van der Waals surface area contributed by atoms with E-state index in [1.54, 1.807) is 0 Å². The molecule has 11 heteroatoms. The van der Waals surface area contributed by atoms with Gasteiger partial charge in [0.15, 0.2) is 0 Å². The molecule has 0 fully saturated rings. The predicted octanol–water partition coefficient (Wildman–Crippen LogP) is 3.13. The van der Waals surface area contributed by atoms with Gasteiger partial charge in [-0.2, -0.15) is 13.2 Å². The Morgan fingerprint density at radius 3 is 2.31 bits per heavy atom. The van der Waals surface area contributed by atoms with Crippen molar-refractivity contribution >= 4 is 27.3 Å². The van der Waals surface area contributed by atoms with E-state index >= 15 is 0 Å². The molecular formula is C18H19F3N2O5S. The smallest absolute Gasteiger partial charge is 0.418 e. The van der Waals surface area contributed by atoms with Crippen molar-refractivity contribution in [3.8, 4) is 11.5 Å². The number of hydrogen-bond acceptors (Lipinski definition) is 5. The Bertz CT molecular complexity index is 993. The van der Waals surface area contributed by atoms with Crippen molar-refractivity contribution in [2.24, 2.45) is 0 Å². The lowest BCUT2D eigenvalue weighted by Crippen LogP contribution is -2.38. The van der Waals surface area contributed by atoms with E-state index in [-0.39, 0.29) is 11.4 Å². The average molecular weight is 432 g/mol. The summed E-state index contributed by atoms with van der Waals surface area (Å²) in [7, 11) is -1.25. The van der Waals surface area contributed by atoms with Crippen LogP contribution in [0.4, 0.5) is 24.5 Å². The maximum atomic E-state index is 13.1. The van der Waals surface area contributed by atoms with E-state index < -0.39 is 39.9 Å². The first-order chi connectivity index (χ1) is 13.5. The van der Waals surface area contributed by atoms with Crippen LogP contribution in [-0.2, 0) is 21.0 Å². The van der Waals surface area contributed by atoms with E-state index in [1.165, 1.54) is 44.6 Å². The number of carbonyl (C=O) groups is 1. The highest BCUT2D eigenvalue weighted by molar-refractivity contribution is 7.92. The largest absolute Gasteiger partial charge is 0.497 e. The molecule has 1 amide bonds. The van der Waals surface area contributed by atoms with Gasteiger partial charge in [0.1, 0.15) is 18.0 Å². The van der Waals surface area contributed by atoms with Gasteiger partial charge in [-0.15, -0.1) is 0 Å². The van der Waals surface area contributed by atoms with Crippen LogP contribution in [-0.4, -0.2) is 41.3 Å². The van der Waals surface area contributed by atoms with Crippen molar-refractivity contribution in [3.05, 3.63) is 48.0 Å². The molecule has 2 rings (SSSR count). The molecular weight excluding hydrogens is 413 g/mol. The van der Waals surface area contributed by atoms with Crippen LogP contribution in [0.3, 0.4) is 0 Å². The Kier molecular flexibility index (Phi) is 6.62. The molecule has 0 aliphatic heterocycles. The summed E-state index contributed by atoms with van der Waals surface area (Å²) in [6.07, 6.45) is -3.81. The Hall–Kier alpha value is -2.95. The van der Waals surface area contributed by atoms with Crippen molar-refractivity contribution in [3.63, 3.8) is 0 Å².